The molecule has 0 saturated carbocycles. The van der Waals surface area contributed by atoms with Gasteiger partial charge in [0, 0.05) is 12.1 Å². The fourth-order valence-corrected chi connectivity index (χ4v) is 5.20. The molecule has 6 nitrogen and oxygen atoms in total. The van der Waals surface area contributed by atoms with Crippen LogP contribution in [0.15, 0.2) is 42.0 Å². The third-order valence-corrected chi connectivity index (χ3v) is 7.23. The maximum absolute atomic E-state index is 12.4. The molecule has 0 N–H and O–H groups in total. The van der Waals surface area contributed by atoms with Crippen LogP contribution in [0.2, 0.25) is 0 Å². The van der Waals surface area contributed by atoms with Crippen LogP contribution in [0.3, 0.4) is 0 Å². The average Bonchev–Trinajstić information content (AvgIpc) is 3.15. The lowest BCUT2D eigenvalue weighted by atomic mass is 9.72. The molecule has 0 bridgehead atoms. The first kappa shape index (κ1) is 24.8. The number of carbonyl (C=O) groups is 2. The number of aryl methyl sites for hydroxylation is 1. The van der Waals surface area contributed by atoms with E-state index < -0.39 is 0 Å². The van der Waals surface area contributed by atoms with E-state index in [9.17, 15) is 9.59 Å². The highest BCUT2D eigenvalue weighted by atomic mass is 16.6. The van der Waals surface area contributed by atoms with Crippen molar-refractivity contribution in [1.29, 1.82) is 0 Å². The quantitative estimate of drug-likeness (QED) is 0.459. The summed E-state index contributed by atoms with van der Waals surface area (Å²) in [7, 11) is 3.09. The van der Waals surface area contributed by atoms with Crippen LogP contribution in [0.5, 0.6) is 5.75 Å². The number of esters is 1. The van der Waals surface area contributed by atoms with Gasteiger partial charge in [0.05, 0.1) is 25.8 Å². The number of benzene rings is 2. The van der Waals surface area contributed by atoms with Gasteiger partial charge in [-0.1, -0.05) is 26.0 Å². The Morgan fingerprint density at radius 2 is 1.91 bits per heavy atom. The number of methoxy groups -OCH3 is 2. The summed E-state index contributed by atoms with van der Waals surface area (Å²) in [5.74, 6) is 0.478. The first-order valence-electron chi connectivity index (χ1n) is 12.2. The number of hydrogen-bond acceptors (Lipinski definition) is 5. The Kier molecular flexibility index (Phi) is 6.93. The topological polar surface area (TPSA) is 65.1 Å². The monoisotopic (exact) mass is 477 g/mol. The van der Waals surface area contributed by atoms with E-state index in [1.54, 1.807) is 13.2 Å². The van der Waals surface area contributed by atoms with Crippen LogP contribution in [-0.2, 0) is 9.47 Å². The molecule has 186 valence electrons. The van der Waals surface area contributed by atoms with Gasteiger partial charge in [0.15, 0.2) is 0 Å². The number of carbonyl (C=O) groups excluding carboxylic acids is 2. The van der Waals surface area contributed by atoms with Crippen LogP contribution in [0, 0.1) is 12.3 Å². The van der Waals surface area contributed by atoms with Gasteiger partial charge in [-0.2, -0.15) is 0 Å². The SMILES string of the molecule is COC(=O)c1ccc(-c2ccc(OC)c(C3=C(CN4C(=O)OC[C@H]4C)CC(C)(C)CC3)c2)c(C)c1. The molecule has 1 heterocycles. The van der Waals surface area contributed by atoms with E-state index in [1.807, 2.05) is 36.9 Å². The molecule has 4 rings (SSSR count). The van der Waals surface area contributed by atoms with Crippen molar-refractivity contribution in [1.82, 2.24) is 4.90 Å². The van der Waals surface area contributed by atoms with E-state index in [4.69, 9.17) is 14.2 Å². The number of nitrogens with zero attached hydrogens (tertiary/aromatic N) is 1. The molecule has 2 aromatic carbocycles. The van der Waals surface area contributed by atoms with Crippen molar-refractivity contribution in [2.24, 2.45) is 5.41 Å². The molecular weight excluding hydrogens is 442 g/mol. The van der Waals surface area contributed by atoms with Crippen molar-refractivity contribution in [3.63, 3.8) is 0 Å². The molecule has 6 heteroatoms. The lowest BCUT2D eigenvalue weighted by Crippen LogP contribution is -2.35. The standard InChI is InChI=1S/C29H35NO5/c1-18-13-21(27(31)34-6)7-9-23(18)20-8-10-26(33-5)25(14-20)24-11-12-29(3,4)15-22(24)16-30-19(2)17-35-28(30)32/h7-10,13-14,19H,11-12,15-17H2,1-6H3/t19-/m1/s1. The van der Waals surface area contributed by atoms with Crippen LogP contribution >= 0.6 is 0 Å². The summed E-state index contributed by atoms with van der Waals surface area (Å²) < 4.78 is 16.0. The van der Waals surface area contributed by atoms with E-state index >= 15 is 0 Å². The van der Waals surface area contributed by atoms with Gasteiger partial charge in [0.2, 0.25) is 0 Å². The van der Waals surface area contributed by atoms with E-state index in [0.717, 1.165) is 47.3 Å². The molecule has 35 heavy (non-hydrogen) atoms. The normalized spacial score (nSPS) is 19.5. The largest absolute Gasteiger partial charge is 0.496 e. The average molecular weight is 478 g/mol. The van der Waals surface area contributed by atoms with E-state index in [1.165, 1.54) is 18.3 Å². The second-order valence-corrected chi connectivity index (χ2v) is 10.4. The van der Waals surface area contributed by atoms with Gasteiger partial charge < -0.3 is 14.2 Å². The predicted octanol–water partition coefficient (Wildman–Crippen LogP) is 6.26. The third kappa shape index (κ3) is 5.07. The minimum Gasteiger partial charge on any atom is -0.496 e. The summed E-state index contributed by atoms with van der Waals surface area (Å²) >= 11 is 0. The lowest BCUT2D eigenvalue weighted by Gasteiger charge is -2.35. The van der Waals surface area contributed by atoms with Crippen LogP contribution in [0.4, 0.5) is 4.79 Å². The van der Waals surface area contributed by atoms with Gasteiger partial charge in [-0.25, -0.2) is 9.59 Å². The molecule has 0 radical (unpaired) electrons. The van der Waals surface area contributed by atoms with E-state index in [0.29, 0.717) is 18.7 Å². The molecule has 1 aliphatic carbocycles. The molecule has 1 atom stereocenters. The second-order valence-electron chi connectivity index (χ2n) is 10.4. The van der Waals surface area contributed by atoms with Crippen molar-refractivity contribution >= 4 is 17.6 Å². The molecule has 1 saturated heterocycles. The first-order chi connectivity index (χ1) is 16.6. The van der Waals surface area contributed by atoms with Gasteiger partial charge in [-0.15, -0.1) is 0 Å². The zero-order valence-corrected chi connectivity index (χ0v) is 21.6. The fourth-order valence-electron chi connectivity index (χ4n) is 5.20. The first-order valence-corrected chi connectivity index (χ1v) is 12.2. The number of cyclic esters (lactones) is 1. The maximum atomic E-state index is 12.4. The molecule has 2 aromatic rings. The minimum atomic E-state index is -0.343. The van der Waals surface area contributed by atoms with Crippen LogP contribution < -0.4 is 4.74 Å². The predicted molar refractivity (Wildman–Crippen MR) is 137 cm³/mol. The molecule has 1 amide bonds. The van der Waals surface area contributed by atoms with Gasteiger partial charge >= 0.3 is 12.1 Å². The van der Waals surface area contributed by atoms with E-state index in [-0.39, 0.29) is 23.5 Å². The van der Waals surface area contributed by atoms with Crippen LogP contribution in [0.1, 0.15) is 61.5 Å². The number of rotatable bonds is 6. The number of amides is 1. The van der Waals surface area contributed by atoms with Crippen molar-refractivity contribution in [3.05, 3.63) is 58.7 Å². The highest BCUT2D eigenvalue weighted by Crippen LogP contribution is 2.46. The Morgan fingerprint density at radius 1 is 1.14 bits per heavy atom. The Hall–Kier alpha value is -3.28. The second kappa shape index (κ2) is 9.76. The highest BCUT2D eigenvalue weighted by molar-refractivity contribution is 5.91. The van der Waals surface area contributed by atoms with E-state index in [2.05, 4.69) is 26.0 Å². The molecular formula is C29H35NO5. The summed E-state index contributed by atoms with van der Waals surface area (Å²) in [6, 6.07) is 11.9. The maximum Gasteiger partial charge on any atom is 0.410 e. The Bertz CT molecular complexity index is 1180. The number of ether oxygens (including phenoxy) is 3. The van der Waals surface area contributed by atoms with Gasteiger partial charge in [-0.3, -0.25) is 4.90 Å². The van der Waals surface area contributed by atoms with Crippen molar-refractivity contribution < 1.29 is 23.8 Å². The van der Waals surface area contributed by atoms with Gasteiger partial charge in [0.1, 0.15) is 12.4 Å². The molecule has 1 aliphatic heterocycles. The number of hydrogen-bond donors (Lipinski definition) is 0. The molecule has 0 unspecified atom stereocenters. The zero-order valence-electron chi connectivity index (χ0n) is 21.6. The molecule has 1 fully saturated rings. The summed E-state index contributed by atoms with van der Waals surface area (Å²) in [6.45, 7) is 9.61. The van der Waals surface area contributed by atoms with Crippen molar-refractivity contribution in [2.75, 3.05) is 27.4 Å². The summed E-state index contributed by atoms with van der Waals surface area (Å²) in [5, 5.41) is 0. The Morgan fingerprint density at radius 3 is 2.54 bits per heavy atom. The minimum absolute atomic E-state index is 0.0606. The molecule has 2 aliphatic rings. The molecule has 0 spiro atoms. The Balaban J connectivity index is 1.79. The fraction of sp³-hybridized carbons (Fsp3) is 0.448. The van der Waals surface area contributed by atoms with Crippen LogP contribution in [-0.4, -0.2) is 50.4 Å². The van der Waals surface area contributed by atoms with Crippen LogP contribution in [0.25, 0.3) is 16.7 Å². The third-order valence-electron chi connectivity index (χ3n) is 7.23. The van der Waals surface area contributed by atoms with Crippen molar-refractivity contribution in [3.8, 4) is 16.9 Å². The van der Waals surface area contributed by atoms with Gasteiger partial charge in [0.25, 0.3) is 0 Å². The summed E-state index contributed by atoms with van der Waals surface area (Å²) in [4.78, 5) is 26.2. The molecule has 0 aromatic heterocycles. The smallest absolute Gasteiger partial charge is 0.410 e. The van der Waals surface area contributed by atoms with Crippen molar-refractivity contribution in [2.45, 2.75) is 53.0 Å². The highest BCUT2D eigenvalue weighted by Gasteiger charge is 2.35. The lowest BCUT2D eigenvalue weighted by molar-refractivity contribution is 0.0600. The zero-order chi connectivity index (χ0) is 25.3. The van der Waals surface area contributed by atoms with Gasteiger partial charge in [-0.05, 0) is 90.6 Å². The number of allylic oxidation sites excluding steroid dienone is 1. The summed E-state index contributed by atoms with van der Waals surface area (Å²) in [5.41, 5.74) is 7.38. The Labute approximate surface area is 207 Å². The summed E-state index contributed by atoms with van der Waals surface area (Å²) in [6.07, 6.45) is 2.65.